The van der Waals surface area contributed by atoms with Crippen molar-refractivity contribution in [1.82, 2.24) is 4.98 Å². The molecular formula is C9H7BrN2O3. The highest BCUT2D eigenvalue weighted by Gasteiger charge is 2.31. The van der Waals surface area contributed by atoms with E-state index in [-0.39, 0.29) is 5.78 Å². The lowest BCUT2D eigenvalue weighted by atomic mass is 10.2. The maximum Gasteiger partial charge on any atom is 0.274 e. The van der Waals surface area contributed by atoms with Crippen molar-refractivity contribution in [2.75, 3.05) is 5.32 Å². The summed E-state index contributed by atoms with van der Waals surface area (Å²) in [6, 6.07) is 1.65. The highest BCUT2D eigenvalue weighted by molar-refractivity contribution is 9.10. The third-order valence-electron chi connectivity index (χ3n) is 1.91. The van der Waals surface area contributed by atoms with Crippen molar-refractivity contribution in [2.24, 2.45) is 0 Å². The second-order valence-corrected chi connectivity index (χ2v) is 4.01. The number of nitrogens with one attached hydrogen (secondary N) is 1. The fourth-order valence-corrected chi connectivity index (χ4v) is 1.55. The Morgan fingerprint density at radius 1 is 1.67 bits per heavy atom. The fourth-order valence-electron chi connectivity index (χ4n) is 1.23. The molecule has 1 amide bonds. The third kappa shape index (κ3) is 1.85. The first-order valence-electron chi connectivity index (χ1n) is 4.21. The van der Waals surface area contributed by atoms with Crippen LogP contribution in [0.2, 0.25) is 0 Å². The topological polar surface area (TPSA) is 68.3 Å². The van der Waals surface area contributed by atoms with Gasteiger partial charge < -0.3 is 10.1 Å². The van der Waals surface area contributed by atoms with Gasteiger partial charge in [-0.3, -0.25) is 9.59 Å². The normalized spacial score (nSPS) is 18.8. The second kappa shape index (κ2) is 3.62. The number of amides is 1. The number of carbonyl (C=O) groups excluding carboxylic acids is 2. The number of rotatable bonds is 1. The van der Waals surface area contributed by atoms with Crippen molar-refractivity contribution in [2.45, 2.75) is 13.0 Å². The zero-order valence-electron chi connectivity index (χ0n) is 7.78. The number of halogens is 1. The lowest BCUT2D eigenvalue weighted by Crippen LogP contribution is -2.42. The minimum Gasteiger partial charge on any atom is -0.469 e. The van der Waals surface area contributed by atoms with Crippen molar-refractivity contribution in [1.29, 1.82) is 0 Å². The van der Waals surface area contributed by atoms with Gasteiger partial charge in [0.1, 0.15) is 0 Å². The molecule has 0 bridgehead atoms. The van der Waals surface area contributed by atoms with Crippen LogP contribution in [0.5, 0.6) is 5.75 Å². The molecule has 0 saturated heterocycles. The Kier molecular flexibility index (Phi) is 2.44. The predicted octanol–water partition coefficient (Wildman–Crippen LogP) is 1.13. The number of fused-ring (bicyclic) bond motifs is 1. The van der Waals surface area contributed by atoms with Crippen LogP contribution in [0.3, 0.4) is 0 Å². The molecule has 0 radical (unpaired) electrons. The van der Waals surface area contributed by atoms with Gasteiger partial charge in [0, 0.05) is 10.7 Å². The van der Waals surface area contributed by atoms with E-state index in [1.54, 1.807) is 6.07 Å². The van der Waals surface area contributed by atoms with E-state index in [1.165, 1.54) is 13.1 Å². The molecule has 2 rings (SSSR count). The van der Waals surface area contributed by atoms with E-state index in [4.69, 9.17) is 4.74 Å². The summed E-state index contributed by atoms with van der Waals surface area (Å²) < 4.78 is 5.95. The lowest BCUT2D eigenvalue weighted by Gasteiger charge is -2.23. The van der Waals surface area contributed by atoms with Gasteiger partial charge in [0.2, 0.25) is 6.10 Å². The molecule has 0 spiro atoms. The molecule has 0 aromatic carbocycles. The van der Waals surface area contributed by atoms with E-state index < -0.39 is 12.0 Å². The summed E-state index contributed by atoms with van der Waals surface area (Å²) >= 11 is 3.22. The van der Waals surface area contributed by atoms with Crippen LogP contribution in [-0.4, -0.2) is 22.8 Å². The van der Waals surface area contributed by atoms with Crippen LogP contribution >= 0.6 is 15.9 Å². The number of ketones is 1. The molecule has 0 fully saturated rings. The predicted molar refractivity (Wildman–Crippen MR) is 55.7 cm³/mol. The molecule has 15 heavy (non-hydrogen) atoms. The van der Waals surface area contributed by atoms with E-state index in [1.807, 2.05) is 0 Å². The van der Waals surface area contributed by atoms with Gasteiger partial charge in [-0.2, -0.15) is 0 Å². The average Bonchev–Trinajstić information content (AvgIpc) is 2.17. The molecule has 1 aromatic heterocycles. The molecule has 1 aliphatic rings. The molecule has 78 valence electrons. The van der Waals surface area contributed by atoms with Crippen LogP contribution < -0.4 is 10.1 Å². The van der Waals surface area contributed by atoms with E-state index >= 15 is 0 Å². The first-order chi connectivity index (χ1) is 7.08. The van der Waals surface area contributed by atoms with Gasteiger partial charge in [0.05, 0.1) is 0 Å². The maximum absolute atomic E-state index is 11.4. The number of hydrogen-bond acceptors (Lipinski definition) is 4. The lowest BCUT2D eigenvalue weighted by molar-refractivity contribution is -0.134. The molecule has 1 N–H and O–H groups in total. The first kappa shape index (κ1) is 10.1. The summed E-state index contributed by atoms with van der Waals surface area (Å²) in [7, 11) is 0. The van der Waals surface area contributed by atoms with E-state index in [0.717, 1.165) is 4.47 Å². The number of Topliss-reactive ketones (excluding diaryl/α,β-unsaturated/α-hetero) is 1. The summed E-state index contributed by atoms with van der Waals surface area (Å²) in [5.41, 5.74) is 0. The second-order valence-electron chi connectivity index (χ2n) is 3.10. The molecule has 0 saturated carbocycles. The minimum atomic E-state index is -1.08. The smallest absolute Gasteiger partial charge is 0.274 e. The molecule has 0 aliphatic carbocycles. The summed E-state index contributed by atoms with van der Waals surface area (Å²) in [5.74, 6) is -0.0900. The summed E-state index contributed by atoms with van der Waals surface area (Å²) in [4.78, 5) is 26.4. The van der Waals surface area contributed by atoms with Gasteiger partial charge >= 0.3 is 0 Å². The highest BCUT2D eigenvalue weighted by atomic mass is 79.9. The molecule has 1 aromatic rings. The van der Waals surface area contributed by atoms with Gasteiger partial charge in [0.15, 0.2) is 17.4 Å². The number of pyridine rings is 1. The number of ether oxygens (including phenoxy) is 1. The Hall–Kier alpha value is -1.43. The van der Waals surface area contributed by atoms with Gasteiger partial charge in [0.25, 0.3) is 5.91 Å². The van der Waals surface area contributed by atoms with Gasteiger partial charge in [-0.1, -0.05) is 0 Å². The van der Waals surface area contributed by atoms with Crippen molar-refractivity contribution in [3.05, 3.63) is 16.7 Å². The standard InChI is InChI=1S/C9H7BrN2O3/c1-4(13)7-9(14)12-8-6(15-7)2-5(10)3-11-8/h2-3,7H,1H3,(H,11,12,14). The Labute approximate surface area is 94.0 Å². The zero-order chi connectivity index (χ0) is 11.0. The molecule has 1 unspecified atom stereocenters. The quantitative estimate of drug-likeness (QED) is 0.777. The van der Waals surface area contributed by atoms with Crippen LogP contribution in [0.4, 0.5) is 5.82 Å². The van der Waals surface area contributed by atoms with Crippen LogP contribution in [0.25, 0.3) is 0 Å². The Bertz CT molecular complexity index is 447. The molecule has 5 nitrogen and oxygen atoms in total. The van der Waals surface area contributed by atoms with Crippen LogP contribution in [0.1, 0.15) is 6.92 Å². The Morgan fingerprint density at radius 2 is 2.40 bits per heavy atom. The number of nitrogens with zero attached hydrogens (tertiary/aromatic N) is 1. The summed E-state index contributed by atoms with van der Waals surface area (Å²) in [6.07, 6.45) is 0.463. The molecule has 2 heterocycles. The number of aromatic nitrogens is 1. The van der Waals surface area contributed by atoms with Crippen molar-refractivity contribution in [3.63, 3.8) is 0 Å². The number of hydrogen-bond donors (Lipinski definition) is 1. The summed E-state index contributed by atoms with van der Waals surface area (Å²) in [6.45, 7) is 1.31. The Balaban J connectivity index is 2.39. The molecule has 1 atom stereocenters. The minimum absolute atomic E-state index is 0.334. The SMILES string of the molecule is CC(=O)C1Oc2cc(Br)cnc2NC1=O. The van der Waals surface area contributed by atoms with Gasteiger partial charge in [-0.15, -0.1) is 0 Å². The highest BCUT2D eigenvalue weighted by Crippen LogP contribution is 2.29. The van der Waals surface area contributed by atoms with E-state index in [2.05, 4.69) is 26.2 Å². The van der Waals surface area contributed by atoms with Crippen molar-refractivity contribution >= 4 is 33.4 Å². The van der Waals surface area contributed by atoms with Crippen molar-refractivity contribution in [3.8, 4) is 5.75 Å². The third-order valence-corrected chi connectivity index (χ3v) is 2.35. The molecular weight excluding hydrogens is 264 g/mol. The molecule has 1 aliphatic heterocycles. The monoisotopic (exact) mass is 270 g/mol. The largest absolute Gasteiger partial charge is 0.469 e. The van der Waals surface area contributed by atoms with Gasteiger partial charge in [-0.25, -0.2) is 4.98 Å². The van der Waals surface area contributed by atoms with E-state index in [0.29, 0.717) is 11.6 Å². The van der Waals surface area contributed by atoms with Crippen LogP contribution in [-0.2, 0) is 9.59 Å². The number of carbonyl (C=O) groups is 2. The number of anilines is 1. The Morgan fingerprint density at radius 3 is 3.07 bits per heavy atom. The first-order valence-corrected chi connectivity index (χ1v) is 5.01. The van der Waals surface area contributed by atoms with Crippen LogP contribution in [0, 0.1) is 0 Å². The zero-order valence-corrected chi connectivity index (χ0v) is 9.37. The summed E-state index contributed by atoms with van der Waals surface area (Å²) in [5, 5.41) is 2.50. The van der Waals surface area contributed by atoms with Crippen molar-refractivity contribution < 1.29 is 14.3 Å². The molecule has 6 heteroatoms. The van der Waals surface area contributed by atoms with Crippen LogP contribution in [0.15, 0.2) is 16.7 Å². The van der Waals surface area contributed by atoms with E-state index in [9.17, 15) is 9.59 Å². The van der Waals surface area contributed by atoms with Gasteiger partial charge in [-0.05, 0) is 28.9 Å². The fraction of sp³-hybridized carbons (Fsp3) is 0.222. The average molecular weight is 271 g/mol. The maximum atomic E-state index is 11.4.